The first-order valence-corrected chi connectivity index (χ1v) is 15.6. The van der Waals surface area contributed by atoms with Crippen molar-refractivity contribution in [2.45, 2.75) is 116 Å². The second-order valence-electron chi connectivity index (χ2n) is 14.4. The molecule has 3 fully saturated rings. The van der Waals surface area contributed by atoms with Crippen LogP contribution in [0.5, 0.6) is 0 Å². The molecule has 8 heteroatoms. The number of nitrogens with zero attached hydrogens (tertiary/aromatic N) is 3. The van der Waals surface area contributed by atoms with Gasteiger partial charge in [-0.1, -0.05) is 39.8 Å². The molecule has 3 heterocycles. The molecule has 0 aliphatic carbocycles. The van der Waals surface area contributed by atoms with Crippen molar-refractivity contribution in [1.82, 2.24) is 14.7 Å². The fourth-order valence-electron chi connectivity index (χ4n) is 8.11. The lowest BCUT2D eigenvalue weighted by Crippen LogP contribution is -2.61. The molecule has 1 spiro atoms. The summed E-state index contributed by atoms with van der Waals surface area (Å²) in [5.41, 5.74) is -2.39. The molecule has 1 N–H and O–H groups in total. The second-order valence-corrected chi connectivity index (χ2v) is 14.4. The quantitative estimate of drug-likeness (QED) is 0.229. The van der Waals surface area contributed by atoms with Crippen molar-refractivity contribution >= 4 is 17.7 Å². The molecule has 0 aromatic carbocycles. The summed E-state index contributed by atoms with van der Waals surface area (Å²) in [7, 11) is 0. The molecule has 3 saturated heterocycles. The predicted molar refractivity (Wildman–Crippen MR) is 162 cm³/mol. The number of unbranched alkanes of at least 4 members (excludes halogenated alkanes) is 2. The molecule has 3 aliphatic heterocycles. The molecule has 0 radical (unpaired) electrons. The van der Waals surface area contributed by atoms with Gasteiger partial charge in [-0.2, -0.15) is 0 Å². The predicted octanol–water partition coefficient (Wildman–Crippen LogP) is 4.57. The number of hydrogen-bond donors (Lipinski definition) is 1. The molecule has 0 saturated carbocycles. The van der Waals surface area contributed by atoms with Gasteiger partial charge in [0.25, 0.3) is 0 Å². The van der Waals surface area contributed by atoms with Gasteiger partial charge < -0.3 is 24.5 Å². The third kappa shape index (κ3) is 6.29. The Morgan fingerprint density at radius 1 is 1.07 bits per heavy atom. The van der Waals surface area contributed by atoms with Gasteiger partial charge in [-0.05, 0) is 71.1 Å². The van der Waals surface area contributed by atoms with Crippen LogP contribution in [-0.2, 0) is 19.1 Å². The zero-order chi connectivity index (χ0) is 30.8. The largest absolute Gasteiger partial charge is 0.396 e. The molecule has 2 unspecified atom stereocenters. The van der Waals surface area contributed by atoms with Gasteiger partial charge in [0.1, 0.15) is 11.6 Å². The van der Waals surface area contributed by atoms with Gasteiger partial charge in [-0.15, -0.1) is 13.2 Å². The van der Waals surface area contributed by atoms with Crippen LogP contribution in [0.1, 0.15) is 93.4 Å². The van der Waals surface area contributed by atoms with Crippen LogP contribution in [0, 0.1) is 17.3 Å². The summed E-state index contributed by atoms with van der Waals surface area (Å²) in [6.07, 6.45) is 8.26. The van der Waals surface area contributed by atoms with E-state index in [4.69, 9.17) is 4.74 Å². The van der Waals surface area contributed by atoms with Gasteiger partial charge in [-0.25, -0.2) is 0 Å². The van der Waals surface area contributed by atoms with Crippen LogP contribution >= 0.6 is 0 Å². The lowest BCUT2D eigenvalue weighted by Gasteiger charge is -2.45. The van der Waals surface area contributed by atoms with Crippen LogP contribution in [-0.4, -0.2) is 93.1 Å². The minimum absolute atomic E-state index is 0.0271. The van der Waals surface area contributed by atoms with E-state index in [1.54, 1.807) is 22.0 Å². The average molecular weight is 574 g/mol. The van der Waals surface area contributed by atoms with E-state index in [0.717, 1.165) is 19.3 Å². The zero-order valence-corrected chi connectivity index (χ0v) is 26.7. The van der Waals surface area contributed by atoms with Gasteiger partial charge in [0.15, 0.2) is 0 Å². The van der Waals surface area contributed by atoms with Gasteiger partial charge >= 0.3 is 0 Å². The molecule has 41 heavy (non-hydrogen) atoms. The molecule has 5 atom stereocenters. The van der Waals surface area contributed by atoms with Crippen LogP contribution in [0.3, 0.4) is 0 Å². The van der Waals surface area contributed by atoms with Gasteiger partial charge in [-0.3, -0.25) is 14.4 Å². The smallest absolute Gasteiger partial charge is 0.249 e. The van der Waals surface area contributed by atoms with E-state index in [1.165, 1.54) is 0 Å². The lowest BCUT2D eigenvalue weighted by molar-refractivity contribution is -0.157. The van der Waals surface area contributed by atoms with Crippen molar-refractivity contribution in [2.75, 3.05) is 32.8 Å². The second kappa shape index (κ2) is 12.6. The molecule has 8 nitrogen and oxygen atoms in total. The summed E-state index contributed by atoms with van der Waals surface area (Å²) in [4.78, 5) is 48.7. The third-order valence-electron chi connectivity index (χ3n) is 9.26. The van der Waals surface area contributed by atoms with Crippen molar-refractivity contribution in [3.8, 4) is 0 Å². The zero-order valence-electron chi connectivity index (χ0n) is 26.7. The third-order valence-corrected chi connectivity index (χ3v) is 9.26. The molecule has 0 aromatic heterocycles. The maximum absolute atomic E-state index is 14.8. The molecule has 0 aromatic rings. The molecule has 3 rings (SSSR count). The minimum atomic E-state index is -1.05. The fraction of sp³-hybridized carbons (Fsp3) is 0.788. The maximum Gasteiger partial charge on any atom is 0.249 e. The van der Waals surface area contributed by atoms with Crippen LogP contribution in [0.2, 0.25) is 0 Å². The molecular formula is C33H55N3O5. The summed E-state index contributed by atoms with van der Waals surface area (Å²) in [6.45, 7) is 24.2. The number of amides is 3. The Morgan fingerprint density at radius 3 is 2.29 bits per heavy atom. The normalized spacial score (nSPS) is 29.0. The van der Waals surface area contributed by atoms with E-state index < -0.39 is 34.6 Å². The average Bonchev–Trinajstić information content (AvgIpc) is 3.43. The summed E-state index contributed by atoms with van der Waals surface area (Å²) >= 11 is 0. The van der Waals surface area contributed by atoms with Gasteiger partial charge in [0.05, 0.1) is 17.4 Å². The first-order chi connectivity index (χ1) is 19.1. The van der Waals surface area contributed by atoms with Gasteiger partial charge in [0, 0.05) is 38.3 Å². The standard InChI is InChI=1S/C33H55N3O5/c1-10-18-34(19-11-2)27(38)24-25-28(39)35(21-14-13-15-22-37)26(33(25)17-16-32(24,9)41-33)29(40)36(20-12-3)31(7,8)23-30(4,5)6/h10,12,24-26,37H,1,3,11,13-23H2,2,4-9H3/t24-,25-,26?,32+,33?/m0/s1. The number of aliphatic hydroxyl groups is 1. The lowest BCUT2D eigenvalue weighted by atomic mass is 9.66. The van der Waals surface area contributed by atoms with E-state index in [-0.39, 0.29) is 29.7 Å². The molecular weight excluding hydrogens is 518 g/mol. The summed E-state index contributed by atoms with van der Waals surface area (Å²) < 4.78 is 6.87. The van der Waals surface area contributed by atoms with Crippen LogP contribution in [0.25, 0.3) is 0 Å². The van der Waals surface area contributed by atoms with Crippen LogP contribution in [0.15, 0.2) is 25.3 Å². The van der Waals surface area contributed by atoms with E-state index in [0.29, 0.717) is 51.9 Å². The number of rotatable bonds is 15. The van der Waals surface area contributed by atoms with E-state index in [2.05, 4.69) is 47.8 Å². The number of aliphatic hydroxyl groups excluding tert-OH is 1. The van der Waals surface area contributed by atoms with Crippen LogP contribution in [0.4, 0.5) is 0 Å². The molecule has 3 amide bonds. The van der Waals surface area contributed by atoms with Crippen molar-refractivity contribution in [1.29, 1.82) is 0 Å². The highest BCUT2D eigenvalue weighted by atomic mass is 16.5. The highest BCUT2D eigenvalue weighted by Gasteiger charge is 2.78. The number of carbonyl (C=O) groups is 3. The first-order valence-electron chi connectivity index (χ1n) is 15.6. The Bertz CT molecular complexity index is 1000. The topological polar surface area (TPSA) is 90.4 Å². The van der Waals surface area contributed by atoms with Crippen molar-refractivity contribution in [3.05, 3.63) is 25.3 Å². The maximum atomic E-state index is 14.8. The Balaban J connectivity index is 2.10. The highest BCUT2D eigenvalue weighted by Crippen LogP contribution is 2.63. The van der Waals surface area contributed by atoms with E-state index in [9.17, 15) is 19.5 Å². The number of hydrogen-bond acceptors (Lipinski definition) is 5. The number of ether oxygens (including phenoxy) is 1. The monoisotopic (exact) mass is 573 g/mol. The molecule has 232 valence electrons. The number of fused-ring (bicyclic) bond motifs is 1. The van der Waals surface area contributed by atoms with Crippen LogP contribution < -0.4 is 0 Å². The Kier molecular flexibility index (Phi) is 10.2. The Labute approximate surface area is 248 Å². The van der Waals surface area contributed by atoms with Crippen molar-refractivity contribution < 1.29 is 24.2 Å². The van der Waals surface area contributed by atoms with Crippen molar-refractivity contribution in [3.63, 3.8) is 0 Å². The summed E-state index contributed by atoms with van der Waals surface area (Å²) in [5.74, 6) is -1.73. The molecule has 3 aliphatic rings. The molecule has 2 bridgehead atoms. The van der Waals surface area contributed by atoms with E-state index >= 15 is 0 Å². The number of likely N-dealkylation sites (tertiary alicyclic amines) is 1. The summed E-state index contributed by atoms with van der Waals surface area (Å²) in [6, 6.07) is -0.813. The summed E-state index contributed by atoms with van der Waals surface area (Å²) in [5, 5.41) is 9.32. The van der Waals surface area contributed by atoms with Gasteiger partial charge in [0.2, 0.25) is 17.7 Å². The number of carbonyl (C=O) groups excluding carboxylic acids is 3. The first kappa shape index (κ1) is 33.3. The highest BCUT2D eigenvalue weighted by molar-refractivity contribution is 5.99. The van der Waals surface area contributed by atoms with Crippen molar-refractivity contribution in [2.24, 2.45) is 17.3 Å². The SMILES string of the molecule is C=CCN(CCC)C(=O)[C@@H]1[C@H]2C(=O)N(CCCCCO)C(C(=O)N(CC=C)C(C)(C)CC(C)(C)C)C23CC[C@@]1(C)O3. The Morgan fingerprint density at radius 2 is 1.73 bits per heavy atom. The minimum Gasteiger partial charge on any atom is -0.396 e. The Hall–Kier alpha value is -2.19. The fourth-order valence-corrected chi connectivity index (χ4v) is 8.11. The van der Waals surface area contributed by atoms with E-state index in [1.807, 2.05) is 18.7 Å².